The molecular formula is C11H10IN3O4S. The van der Waals surface area contributed by atoms with Gasteiger partial charge < -0.3 is 9.47 Å². The fourth-order valence-electron chi connectivity index (χ4n) is 1.39. The maximum Gasteiger partial charge on any atom is 0.312 e. The molecule has 0 bridgehead atoms. The Labute approximate surface area is 132 Å². The Hall–Kier alpha value is -1.33. The van der Waals surface area contributed by atoms with Crippen LogP contribution in [0.3, 0.4) is 0 Å². The number of benzene rings is 1. The van der Waals surface area contributed by atoms with Gasteiger partial charge in [-0.05, 0) is 34.7 Å². The van der Waals surface area contributed by atoms with Crippen LogP contribution in [0.5, 0.6) is 10.9 Å². The zero-order chi connectivity index (χ0) is 14.5. The number of rotatable bonds is 6. The van der Waals surface area contributed by atoms with E-state index in [-0.39, 0.29) is 16.6 Å². The minimum Gasteiger partial charge on any atom is -0.422 e. The number of ether oxygens (including phenoxy) is 2. The Kier molecular flexibility index (Phi) is 5.20. The van der Waals surface area contributed by atoms with Gasteiger partial charge in [-0.1, -0.05) is 0 Å². The molecule has 9 heteroatoms. The van der Waals surface area contributed by atoms with E-state index in [4.69, 9.17) is 9.47 Å². The van der Waals surface area contributed by atoms with Crippen molar-refractivity contribution in [3.63, 3.8) is 0 Å². The molecule has 0 unspecified atom stereocenters. The predicted molar refractivity (Wildman–Crippen MR) is 81.4 cm³/mol. The molecule has 2 rings (SSSR count). The second kappa shape index (κ2) is 6.90. The molecule has 0 radical (unpaired) electrons. The molecule has 0 aliphatic heterocycles. The van der Waals surface area contributed by atoms with Crippen LogP contribution in [0.25, 0.3) is 0 Å². The predicted octanol–water partition coefficient (Wildman–Crippen LogP) is 3.03. The van der Waals surface area contributed by atoms with Crippen LogP contribution in [0.4, 0.5) is 5.69 Å². The van der Waals surface area contributed by atoms with Crippen molar-refractivity contribution >= 4 is 39.8 Å². The Morgan fingerprint density at radius 2 is 2.30 bits per heavy atom. The monoisotopic (exact) mass is 407 g/mol. The van der Waals surface area contributed by atoms with Gasteiger partial charge in [-0.2, -0.15) is 9.36 Å². The number of nitro groups is 1. The minimum atomic E-state index is -0.482. The lowest BCUT2D eigenvalue weighted by Crippen LogP contribution is -1.97. The summed E-state index contributed by atoms with van der Waals surface area (Å²) in [6.07, 6.45) is 0.575. The third-order valence-corrected chi connectivity index (χ3v) is 3.60. The molecule has 0 fully saturated rings. The first-order valence-electron chi connectivity index (χ1n) is 5.53. The molecule has 1 heterocycles. The second-order valence-corrected chi connectivity index (χ2v) is 5.65. The Morgan fingerprint density at radius 3 is 3.00 bits per heavy atom. The normalized spacial score (nSPS) is 10.5. The molecule has 0 saturated heterocycles. The SMILES string of the molecule is COCCc1nsc(Oc2ccc(I)cc2[N+](=O)[O-])n1. The van der Waals surface area contributed by atoms with Crippen LogP contribution in [0, 0.1) is 13.7 Å². The number of hydrogen-bond acceptors (Lipinski definition) is 7. The van der Waals surface area contributed by atoms with E-state index in [1.54, 1.807) is 19.2 Å². The van der Waals surface area contributed by atoms with Crippen molar-refractivity contribution in [3.8, 4) is 10.9 Å². The smallest absolute Gasteiger partial charge is 0.312 e. The number of hydrogen-bond donors (Lipinski definition) is 0. The number of nitrogens with zero attached hydrogens (tertiary/aromatic N) is 3. The number of methoxy groups -OCH3 is 1. The van der Waals surface area contributed by atoms with Crippen molar-refractivity contribution in [1.82, 2.24) is 9.36 Å². The van der Waals surface area contributed by atoms with E-state index < -0.39 is 4.92 Å². The number of halogens is 1. The van der Waals surface area contributed by atoms with Crippen molar-refractivity contribution in [1.29, 1.82) is 0 Å². The van der Waals surface area contributed by atoms with Crippen molar-refractivity contribution in [3.05, 3.63) is 37.7 Å². The first-order valence-corrected chi connectivity index (χ1v) is 7.38. The average Bonchev–Trinajstić information content (AvgIpc) is 2.86. The summed E-state index contributed by atoms with van der Waals surface area (Å²) in [4.78, 5) is 14.6. The van der Waals surface area contributed by atoms with Crippen LogP contribution in [-0.4, -0.2) is 28.0 Å². The van der Waals surface area contributed by atoms with Crippen molar-refractivity contribution in [2.24, 2.45) is 0 Å². The van der Waals surface area contributed by atoms with Crippen LogP contribution >= 0.6 is 34.1 Å². The molecule has 0 spiro atoms. The van der Waals surface area contributed by atoms with Crippen LogP contribution in [0.15, 0.2) is 18.2 Å². The van der Waals surface area contributed by atoms with E-state index in [2.05, 4.69) is 9.36 Å². The van der Waals surface area contributed by atoms with Gasteiger partial charge in [0.1, 0.15) is 5.82 Å². The van der Waals surface area contributed by atoms with Crippen molar-refractivity contribution in [2.75, 3.05) is 13.7 Å². The van der Waals surface area contributed by atoms with Gasteiger partial charge in [-0.25, -0.2) is 0 Å². The molecule has 0 amide bonds. The summed E-state index contributed by atoms with van der Waals surface area (Å²) >= 11 is 3.06. The maximum atomic E-state index is 11.0. The summed E-state index contributed by atoms with van der Waals surface area (Å²) in [6.45, 7) is 0.514. The highest BCUT2D eigenvalue weighted by Gasteiger charge is 2.18. The number of aromatic nitrogens is 2. The third kappa shape index (κ3) is 3.84. The van der Waals surface area contributed by atoms with Gasteiger partial charge in [0.05, 0.1) is 11.5 Å². The Morgan fingerprint density at radius 1 is 1.50 bits per heavy atom. The molecule has 106 valence electrons. The van der Waals surface area contributed by atoms with Gasteiger partial charge in [0.2, 0.25) is 5.75 Å². The molecule has 1 aromatic carbocycles. The van der Waals surface area contributed by atoms with Crippen molar-refractivity contribution in [2.45, 2.75) is 6.42 Å². The van der Waals surface area contributed by atoms with E-state index in [0.29, 0.717) is 18.9 Å². The molecule has 2 aromatic rings. The lowest BCUT2D eigenvalue weighted by Gasteiger charge is -2.02. The molecular weight excluding hydrogens is 397 g/mol. The first-order chi connectivity index (χ1) is 9.60. The summed E-state index contributed by atoms with van der Waals surface area (Å²) in [6, 6.07) is 4.73. The van der Waals surface area contributed by atoms with Gasteiger partial charge in [-0.15, -0.1) is 0 Å². The van der Waals surface area contributed by atoms with E-state index in [1.807, 2.05) is 22.6 Å². The maximum absolute atomic E-state index is 11.0. The standard InChI is InChI=1S/C11H10IN3O4S/c1-18-5-4-10-13-11(20-14-10)19-9-3-2-7(12)6-8(9)15(16)17/h2-3,6H,4-5H2,1H3. The van der Waals surface area contributed by atoms with Gasteiger partial charge in [-0.3, -0.25) is 10.1 Å². The van der Waals surface area contributed by atoms with E-state index in [1.165, 1.54) is 6.07 Å². The van der Waals surface area contributed by atoms with Crippen LogP contribution in [0.1, 0.15) is 5.82 Å². The second-order valence-electron chi connectivity index (χ2n) is 3.69. The largest absolute Gasteiger partial charge is 0.422 e. The van der Waals surface area contributed by atoms with E-state index in [9.17, 15) is 10.1 Å². The van der Waals surface area contributed by atoms with Gasteiger partial charge in [0.25, 0.3) is 5.19 Å². The highest BCUT2D eigenvalue weighted by molar-refractivity contribution is 14.1. The van der Waals surface area contributed by atoms with Gasteiger partial charge >= 0.3 is 5.69 Å². The summed E-state index contributed by atoms with van der Waals surface area (Å²) in [5.74, 6) is 0.755. The molecule has 0 saturated carbocycles. The zero-order valence-corrected chi connectivity index (χ0v) is 13.4. The fourth-order valence-corrected chi connectivity index (χ4v) is 2.45. The van der Waals surface area contributed by atoms with Crippen molar-refractivity contribution < 1.29 is 14.4 Å². The summed E-state index contributed by atoms with van der Waals surface area (Å²) in [7, 11) is 1.60. The Balaban J connectivity index is 2.17. The van der Waals surface area contributed by atoms with Crippen LogP contribution in [0.2, 0.25) is 0 Å². The summed E-state index contributed by atoms with van der Waals surface area (Å²) < 4.78 is 15.2. The summed E-state index contributed by atoms with van der Waals surface area (Å²) in [5.41, 5.74) is -0.0921. The highest BCUT2D eigenvalue weighted by atomic mass is 127. The highest BCUT2D eigenvalue weighted by Crippen LogP contribution is 2.33. The van der Waals surface area contributed by atoms with Crippen LogP contribution < -0.4 is 4.74 Å². The molecule has 20 heavy (non-hydrogen) atoms. The average molecular weight is 407 g/mol. The Bertz CT molecular complexity index is 619. The quantitative estimate of drug-likeness (QED) is 0.416. The first kappa shape index (κ1) is 15.1. The lowest BCUT2D eigenvalue weighted by molar-refractivity contribution is -0.385. The van der Waals surface area contributed by atoms with Gasteiger partial charge in [0, 0.05) is 34.7 Å². The lowest BCUT2D eigenvalue weighted by atomic mass is 10.3. The molecule has 0 atom stereocenters. The number of nitro benzene ring substituents is 1. The molecule has 0 aliphatic rings. The molecule has 1 aromatic heterocycles. The third-order valence-electron chi connectivity index (χ3n) is 2.29. The van der Waals surface area contributed by atoms with E-state index in [0.717, 1.165) is 15.1 Å². The molecule has 0 N–H and O–H groups in total. The molecule has 7 nitrogen and oxygen atoms in total. The fraction of sp³-hybridized carbons (Fsp3) is 0.273. The summed E-state index contributed by atoms with van der Waals surface area (Å²) in [5, 5.41) is 11.3. The topological polar surface area (TPSA) is 87.4 Å². The molecule has 0 aliphatic carbocycles. The van der Waals surface area contributed by atoms with Crippen LogP contribution in [-0.2, 0) is 11.2 Å². The van der Waals surface area contributed by atoms with E-state index >= 15 is 0 Å². The zero-order valence-electron chi connectivity index (χ0n) is 10.4. The minimum absolute atomic E-state index is 0.0921. The van der Waals surface area contributed by atoms with Gasteiger partial charge in [0.15, 0.2) is 0 Å².